The summed E-state index contributed by atoms with van der Waals surface area (Å²) in [6.07, 6.45) is 0. The molecule has 0 fully saturated rings. The van der Waals surface area contributed by atoms with Crippen LogP contribution in [0.1, 0.15) is 5.56 Å². The highest BCUT2D eigenvalue weighted by Crippen LogP contribution is 2.35. The zero-order valence-electron chi connectivity index (χ0n) is 16.2. The summed E-state index contributed by atoms with van der Waals surface area (Å²) in [6.45, 7) is 1.84. The lowest BCUT2D eigenvalue weighted by molar-refractivity contribution is 0.403. The van der Waals surface area contributed by atoms with Crippen molar-refractivity contribution in [1.29, 1.82) is 0 Å². The van der Waals surface area contributed by atoms with Crippen LogP contribution in [-0.4, -0.2) is 23.7 Å². The van der Waals surface area contributed by atoms with E-state index in [9.17, 15) is 28.5 Å². The lowest BCUT2D eigenvalue weighted by Crippen LogP contribution is -2.13. The number of hydrogen-bond donors (Lipinski definition) is 4. The number of aromatic hydroxyl groups is 3. The summed E-state index contributed by atoms with van der Waals surface area (Å²) in [5.41, 5.74) is 0.532. The fourth-order valence-electron chi connectivity index (χ4n) is 3.04. The molecule has 0 radical (unpaired) electrons. The number of fused-ring (bicyclic) bond motifs is 1. The molecule has 4 rings (SSSR count). The zero-order chi connectivity index (χ0) is 22.3. The fourth-order valence-corrected chi connectivity index (χ4v) is 4.09. The van der Waals surface area contributed by atoms with Gasteiger partial charge in [0.2, 0.25) is 11.2 Å². The maximum Gasteiger partial charge on any atom is 0.261 e. The van der Waals surface area contributed by atoms with Crippen molar-refractivity contribution in [2.45, 2.75) is 11.8 Å². The first-order valence-corrected chi connectivity index (χ1v) is 10.6. The molecule has 0 amide bonds. The van der Waals surface area contributed by atoms with Crippen LogP contribution in [0.4, 0.5) is 5.69 Å². The van der Waals surface area contributed by atoms with E-state index in [1.165, 1.54) is 42.5 Å². The molecule has 1 aromatic heterocycles. The maximum absolute atomic E-state index is 12.7. The third kappa shape index (κ3) is 3.78. The van der Waals surface area contributed by atoms with Crippen molar-refractivity contribution in [3.8, 4) is 28.6 Å². The Bertz CT molecular complexity index is 1470. The fraction of sp³-hybridized carbons (Fsp3) is 0.0455. The molecule has 4 aromatic rings. The Balaban J connectivity index is 1.76. The molecule has 158 valence electrons. The first kappa shape index (κ1) is 20.3. The lowest BCUT2D eigenvalue weighted by Gasteiger charge is -2.10. The van der Waals surface area contributed by atoms with Crippen LogP contribution in [0, 0.1) is 6.92 Å². The number of phenolic OH excluding ortho intramolecular Hbond substituents is 2. The van der Waals surface area contributed by atoms with Crippen molar-refractivity contribution >= 4 is 26.7 Å². The predicted octanol–water partition coefficient (Wildman–Crippen LogP) is 3.69. The standard InChI is InChI=1S/C22H17NO7S/c1-12-2-6-15(7-3-12)31(28,29)23-14-5-9-19-16(11-14)20(26)21(27)22(30-19)13-4-8-17(24)18(25)10-13/h2-11,23-25,27H,1H3. The third-order valence-corrected chi connectivity index (χ3v) is 6.08. The molecule has 0 saturated carbocycles. The van der Waals surface area contributed by atoms with E-state index in [1.54, 1.807) is 12.1 Å². The van der Waals surface area contributed by atoms with Crippen molar-refractivity contribution in [3.63, 3.8) is 0 Å². The molecule has 3 aromatic carbocycles. The average molecular weight is 439 g/mol. The molecule has 0 saturated heterocycles. The molecule has 0 atom stereocenters. The van der Waals surface area contributed by atoms with Crippen LogP contribution in [0.5, 0.6) is 17.2 Å². The highest BCUT2D eigenvalue weighted by Gasteiger charge is 2.19. The molecule has 8 nitrogen and oxygen atoms in total. The molecule has 4 N–H and O–H groups in total. The van der Waals surface area contributed by atoms with Gasteiger partial charge in [-0.15, -0.1) is 0 Å². The van der Waals surface area contributed by atoms with Gasteiger partial charge in [0.1, 0.15) is 5.58 Å². The SMILES string of the molecule is Cc1ccc(S(=O)(=O)Nc2ccc3oc(-c4ccc(O)c(O)c4)c(O)c(=O)c3c2)cc1. The van der Waals surface area contributed by atoms with Gasteiger partial charge < -0.3 is 19.7 Å². The minimum atomic E-state index is -3.88. The van der Waals surface area contributed by atoms with Gasteiger partial charge in [0.15, 0.2) is 17.3 Å². The number of hydrogen-bond acceptors (Lipinski definition) is 7. The molecular formula is C22H17NO7S. The topological polar surface area (TPSA) is 137 Å². The van der Waals surface area contributed by atoms with Gasteiger partial charge in [-0.25, -0.2) is 8.42 Å². The van der Waals surface area contributed by atoms with E-state index in [0.717, 1.165) is 11.6 Å². The normalized spacial score (nSPS) is 11.5. The summed E-state index contributed by atoms with van der Waals surface area (Å²) in [5.74, 6) is -1.71. The molecule has 0 aliphatic rings. The molecule has 1 heterocycles. The Kier molecular flexibility index (Phi) is 4.82. The summed E-state index contributed by atoms with van der Waals surface area (Å²) >= 11 is 0. The Labute approximate surface area is 176 Å². The van der Waals surface area contributed by atoms with Gasteiger partial charge in [-0.05, 0) is 55.5 Å². The monoisotopic (exact) mass is 439 g/mol. The Morgan fingerprint density at radius 1 is 0.871 bits per heavy atom. The van der Waals surface area contributed by atoms with Crippen LogP contribution in [0.2, 0.25) is 0 Å². The van der Waals surface area contributed by atoms with E-state index in [-0.39, 0.29) is 38.6 Å². The quantitative estimate of drug-likeness (QED) is 0.356. The molecule has 0 bridgehead atoms. The van der Waals surface area contributed by atoms with E-state index < -0.39 is 27.0 Å². The second-order valence-electron chi connectivity index (χ2n) is 6.94. The van der Waals surface area contributed by atoms with Crippen LogP contribution >= 0.6 is 0 Å². The van der Waals surface area contributed by atoms with Gasteiger partial charge in [0, 0.05) is 11.3 Å². The van der Waals surface area contributed by atoms with Gasteiger partial charge in [-0.3, -0.25) is 9.52 Å². The smallest absolute Gasteiger partial charge is 0.261 e. The van der Waals surface area contributed by atoms with Gasteiger partial charge in [0.05, 0.1) is 10.3 Å². The van der Waals surface area contributed by atoms with E-state index in [0.29, 0.717) is 0 Å². The zero-order valence-corrected chi connectivity index (χ0v) is 17.0. The number of rotatable bonds is 4. The van der Waals surface area contributed by atoms with Crippen LogP contribution in [0.15, 0.2) is 74.8 Å². The number of phenols is 2. The number of aryl methyl sites for hydroxylation is 1. The minimum absolute atomic E-state index is 0.0339. The summed E-state index contributed by atoms with van der Waals surface area (Å²) in [7, 11) is -3.88. The van der Waals surface area contributed by atoms with Crippen molar-refractivity contribution in [2.24, 2.45) is 0 Å². The van der Waals surface area contributed by atoms with E-state index in [2.05, 4.69) is 4.72 Å². The van der Waals surface area contributed by atoms with Crippen LogP contribution in [0.25, 0.3) is 22.3 Å². The number of nitrogens with one attached hydrogen (secondary N) is 1. The van der Waals surface area contributed by atoms with E-state index >= 15 is 0 Å². The van der Waals surface area contributed by atoms with E-state index in [1.807, 2.05) is 6.92 Å². The maximum atomic E-state index is 12.7. The van der Waals surface area contributed by atoms with E-state index in [4.69, 9.17) is 4.42 Å². The molecule has 0 spiro atoms. The summed E-state index contributed by atoms with van der Waals surface area (Å²) < 4.78 is 33.2. The number of sulfonamides is 1. The van der Waals surface area contributed by atoms with Crippen molar-refractivity contribution in [3.05, 3.63) is 76.5 Å². The summed E-state index contributed by atoms with van der Waals surface area (Å²) in [5, 5.41) is 29.4. The second-order valence-corrected chi connectivity index (χ2v) is 8.62. The molecule has 0 aliphatic heterocycles. The minimum Gasteiger partial charge on any atom is -0.504 e. The Hall–Kier alpha value is -3.98. The van der Waals surface area contributed by atoms with Crippen molar-refractivity contribution in [1.82, 2.24) is 0 Å². The summed E-state index contributed by atoms with van der Waals surface area (Å²) in [6, 6.07) is 14.1. The van der Waals surface area contributed by atoms with Gasteiger partial charge >= 0.3 is 0 Å². The first-order valence-electron chi connectivity index (χ1n) is 9.07. The van der Waals surface area contributed by atoms with Gasteiger partial charge in [-0.2, -0.15) is 0 Å². The second kappa shape index (κ2) is 7.37. The van der Waals surface area contributed by atoms with Crippen LogP contribution in [-0.2, 0) is 10.0 Å². The van der Waals surface area contributed by atoms with Crippen LogP contribution < -0.4 is 10.2 Å². The first-order chi connectivity index (χ1) is 14.7. The molecule has 9 heteroatoms. The highest BCUT2D eigenvalue weighted by atomic mass is 32.2. The molecule has 0 aliphatic carbocycles. The number of benzene rings is 3. The largest absolute Gasteiger partial charge is 0.504 e. The van der Waals surface area contributed by atoms with Gasteiger partial charge in [-0.1, -0.05) is 17.7 Å². The van der Waals surface area contributed by atoms with Crippen molar-refractivity contribution in [2.75, 3.05) is 4.72 Å². The number of anilines is 1. The predicted molar refractivity (Wildman–Crippen MR) is 115 cm³/mol. The Morgan fingerprint density at radius 3 is 2.26 bits per heavy atom. The Morgan fingerprint density at radius 2 is 1.58 bits per heavy atom. The van der Waals surface area contributed by atoms with Gasteiger partial charge in [0.25, 0.3) is 10.0 Å². The molecule has 31 heavy (non-hydrogen) atoms. The van der Waals surface area contributed by atoms with Crippen LogP contribution in [0.3, 0.4) is 0 Å². The average Bonchev–Trinajstić information content (AvgIpc) is 2.73. The third-order valence-electron chi connectivity index (χ3n) is 4.69. The molecule has 0 unspecified atom stereocenters. The summed E-state index contributed by atoms with van der Waals surface area (Å²) in [4.78, 5) is 12.8. The highest BCUT2D eigenvalue weighted by molar-refractivity contribution is 7.92. The molecular weight excluding hydrogens is 422 g/mol. The lowest BCUT2D eigenvalue weighted by atomic mass is 10.1. The van der Waals surface area contributed by atoms with Crippen molar-refractivity contribution < 1.29 is 28.2 Å².